The second-order valence-corrected chi connectivity index (χ2v) is 8.37. The van der Waals surface area contributed by atoms with Crippen molar-refractivity contribution in [2.45, 2.75) is 109 Å². The van der Waals surface area contributed by atoms with Crippen LogP contribution in [0.5, 0.6) is 0 Å². The van der Waals surface area contributed by atoms with Gasteiger partial charge in [-0.15, -0.1) is 0 Å². The van der Waals surface area contributed by atoms with Crippen molar-refractivity contribution >= 4 is 6.09 Å². The molecule has 0 bridgehead atoms. The van der Waals surface area contributed by atoms with Crippen LogP contribution in [0.1, 0.15) is 85.5 Å². The first-order valence-corrected chi connectivity index (χ1v) is 9.64. The molecule has 0 aliphatic heterocycles. The summed E-state index contributed by atoms with van der Waals surface area (Å²) in [5, 5.41) is 7.06. The van der Waals surface area contributed by atoms with E-state index in [2.05, 4.69) is 17.6 Å². The van der Waals surface area contributed by atoms with E-state index in [1.807, 2.05) is 20.8 Å². The first kappa shape index (κ1) is 18.6. The van der Waals surface area contributed by atoms with E-state index in [1.165, 1.54) is 44.9 Å². The van der Waals surface area contributed by atoms with Gasteiger partial charge < -0.3 is 15.4 Å². The minimum absolute atomic E-state index is 0.199. The zero-order valence-corrected chi connectivity index (χ0v) is 15.5. The summed E-state index contributed by atoms with van der Waals surface area (Å²) in [7, 11) is 0. The van der Waals surface area contributed by atoms with E-state index in [1.54, 1.807) is 0 Å². The fourth-order valence-corrected chi connectivity index (χ4v) is 4.16. The zero-order chi connectivity index (χ0) is 16.9. The molecule has 0 radical (unpaired) electrons. The van der Waals surface area contributed by atoms with Gasteiger partial charge in [-0.3, -0.25) is 0 Å². The lowest BCUT2D eigenvalue weighted by Gasteiger charge is -2.32. The maximum atomic E-state index is 12.2. The van der Waals surface area contributed by atoms with Gasteiger partial charge in [-0.25, -0.2) is 4.79 Å². The van der Waals surface area contributed by atoms with Crippen molar-refractivity contribution in [3.05, 3.63) is 0 Å². The Balaban J connectivity index is 1.94. The molecule has 2 rings (SSSR count). The molecule has 4 unspecified atom stereocenters. The highest BCUT2D eigenvalue weighted by Gasteiger charge is 2.32. The van der Waals surface area contributed by atoms with Crippen molar-refractivity contribution in [3.63, 3.8) is 0 Å². The summed E-state index contributed by atoms with van der Waals surface area (Å²) in [6.45, 7) is 8.05. The summed E-state index contributed by atoms with van der Waals surface area (Å²) in [4.78, 5) is 12.2. The Morgan fingerprint density at radius 1 is 0.957 bits per heavy atom. The van der Waals surface area contributed by atoms with Gasteiger partial charge in [-0.2, -0.15) is 0 Å². The highest BCUT2D eigenvalue weighted by Crippen LogP contribution is 2.30. The van der Waals surface area contributed by atoms with Crippen LogP contribution in [-0.2, 0) is 4.74 Å². The molecule has 0 spiro atoms. The summed E-state index contributed by atoms with van der Waals surface area (Å²) in [5.74, 6) is 0.806. The molecule has 0 heterocycles. The van der Waals surface area contributed by atoms with Gasteiger partial charge in [0.25, 0.3) is 0 Å². The number of amides is 1. The van der Waals surface area contributed by atoms with Gasteiger partial charge in [-0.05, 0) is 52.4 Å². The number of carbonyl (C=O) groups excluding carboxylic acids is 1. The maximum Gasteiger partial charge on any atom is 0.407 e. The Morgan fingerprint density at radius 2 is 1.61 bits per heavy atom. The van der Waals surface area contributed by atoms with Gasteiger partial charge in [0.15, 0.2) is 0 Å². The average molecular weight is 325 g/mol. The molecule has 2 aliphatic rings. The fraction of sp³-hybridized carbons (Fsp3) is 0.947. The number of ether oxygens (including phenoxy) is 1. The topological polar surface area (TPSA) is 50.4 Å². The summed E-state index contributed by atoms with van der Waals surface area (Å²) in [5.41, 5.74) is -0.434. The minimum atomic E-state index is -0.434. The van der Waals surface area contributed by atoms with Crippen molar-refractivity contribution < 1.29 is 9.53 Å². The number of hydrogen-bond donors (Lipinski definition) is 2. The Morgan fingerprint density at radius 3 is 2.26 bits per heavy atom. The van der Waals surface area contributed by atoms with E-state index >= 15 is 0 Å². The van der Waals surface area contributed by atoms with Crippen LogP contribution in [0.15, 0.2) is 0 Å². The largest absolute Gasteiger partial charge is 0.444 e. The molecule has 4 nitrogen and oxygen atoms in total. The molecular formula is C19H36N2O2. The standard InChI is InChI=1S/C19H36N2O2/c1-5-14-10-9-13-15(14)20-16-11-7-6-8-12-17(16)21-18(22)23-19(2,3)4/h14-17,20H,5-13H2,1-4H3,(H,21,22). The third-order valence-corrected chi connectivity index (χ3v) is 5.33. The lowest BCUT2D eigenvalue weighted by molar-refractivity contribution is 0.0487. The van der Waals surface area contributed by atoms with Crippen molar-refractivity contribution in [2.75, 3.05) is 0 Å². The predicted octanol–water partition coefficient (Wildman–Crippen LogP) is 4.38. The number of carbonyl (C=O) groups is 1. The van der Waals surface area contributed by atoms with Crippen LogP contribution in [0.4, 0.5) is 4.79 Å². The zero-order valence-electron chi connectivity index (χ0n) is 15.5. The number of nitrogens with one attached hydrogen (secondary N) is 2. The molecule has 2 N–H and O–H groups in total. The van der Waals surface area contributed by atoms with Crippen molar-refractivity contribution in [1.82, 2.24) is 10.6 Å². The highest BCUT2D eigenvalue weighted by molar-refractivity contribution is 5.68. The van der Waals surface area contributed by atoms with Gasteiger partial charge in [-0.1, -0.05) is 39.0 Å². The van der Waals surface area contributed by atoms with Crippen LogP contribution in [0.25, 0.3) is 0 Å². The predicted molar refractivity (Wildman–Crippen MR) is 94.6 cm³/mol. The molecule has 2 saturated carbocycles. The van der Waals surface area contributed by atoms with Crippen LogP contribution in [0.3, 0.4) is 0 Å². The van der Waals surface area contributed by atoms with Crippen LogP contribution in [0.2, 0.25) is 0 Å². The first-order chi connectivity index (χ1) is 10.9. The van der Waals surface area contributed by atoms with E-state index in [0.717, 1.165) is 18.8 Å². The quantitative estimate of drug-likeness (QED) is 0.755. The number of alkyl carbamates (subject to hydrolysis) is 1. The van der Waals surface area contributed by atoms with Gasteiger partial charge >= 0.3 is 6.09 Å². The summed E-state index contributed by atoms with van der Waals surface area (Å²) < 4.78 is 5.46. The Labute approximate surface area is 142 Å². The second kappa shape index (κ2) is 8.36. The molecule has 4 atom stereocenters. The van der Waals surface area contributed by atoms with Gasteiger partial charge in [0.05, 0.1) is 0 Å². The highest BCUT2D eigenvalue weighted by atomic mass is 16.6. The lowest BCUT2D eigenvalue weighted by atomic mass is 9.96. The normalized spacial score (nSPS) is 32.3. The molecule has 2 fully saturated rings. The Kier molecular flexibility index (Phi) is 6.75. The van der Waals surface area contributed by atoms with Gasteiger partial charge in [0, 0.05) is 18.1 Å². The molecule has 1 amide bonds. The molecule has 2 aliphatic carbocycles. The molecule has 23 heavy (non-hydrogen) atoms. The molecule has 0 aromatic carbocycles. The summed E-state index contributed by atoms with van der Waals surface area (Å²) in [6, 6.07) is 1.22. The van der Waals surface area contributed by atoms with Crippen LogP contribution < -0.4 is 10.6 Å². The lowest BCUT2D eigenvalue weighted by Crippen LogP contribution is -2.53. The maximum absolute atomic E-state index is 12.2. The van der Waals surface area contributed by atoms with E-state index in [-0.39, 0.29) is 12.1 Å². The Bertz CT molecular complexity index is 378. The molecule has 0 aromatic heterocycles. The van der Waals surface area contributed by atoms with Crippen molar-refractivity contribution in [3.8, 4) is 0 Å². The fourth-order valence-electron chi connectivity index (χ4n) is 4.16. The van der Waals surface area contributed by atoms with Crippen molar-refractivity contribution in [1.29, 1.82) is 0 Å². The SMILES string of the molecule is CCC1CCCC1NC1CCCCCC1NC(=O)OC(C)(C)C. The third kappa shape index (κ3) is 5.98. The van der Waals surface area contributed by atoms with Crippen LogP contribution in [-0.4, -0.2) is 29.8 Å². The smallest absolute Gasteiger partial charge is 0.407 e. The number of hydrogen-bond acceptors (Lipinski definition) is 3. The van der Waals surface area contributed by atoms with Crippen LogP contribution in [0, 0.1) is 5.92 Å². The molecule has 134 valence electrons. The molecular weight excluding hydrogens is 288 g/mol. The van der Waals surface area contributed by atoms with Crippen molar-refractivity contribution in [2.24, 2.45) is 5.92 Å². The molecule has 0 saturated heterocycles. The molecule has 4 heteroatoms. The average Bonchev–Trinajstić information content (AvgIpc) is 2.78. The summed E-state index contributed by atoms with van der Waals surface area (Å²) in [6.07, 6.45) is 10.9. The van der Waals surface area contributed by atoms with Gasteiger partial charge in [0.1, 0.15) is 5.60 Å². The van der Waals surface area contributed by atoms with Gasteiger partial charge in [0.2, 0.25) is 0 Å². The molecule has 0 aromatic rings. The van der Waals surface area contributed by atoms with Crippen LogP contribution >= 0.6 is 0 Å². The monoisotopic (exact) mass is 324 g/mol. The Hall–Kier alpha value is -0.770. The first-order valence-electron chi connectivity index (χ1n) is 9.64. The second-order valence-electron chi connectivity index (χ2n) is 8.37. The number of rotatable bonds is 4. The minimum Gasteiger partial charge on any atom is -0.444 e. The summed E-state index contributed by atoms with van der Waals surface area (Å²) >= 11 is 0. The van der Waals surface area contributed by atoms with E-state index < -0.39 is 5.60 Å². The third-order valence-electron chi connectivity index (χ3n) is 5.33. The van der Waals surface area contributed by atoms with E-state index in [9.17, 15) is 4.79 Å². The van der Waals surface area contributed by atoms with E-state index in [4.69, 9.17) is 4.74 Å². The van der Waals surface area contributed by atoms with E-state index in [0.29, 0.717) is 12.1 Å².